The number of hydrogen-bond donors (Lipinski definition) is 2. The number of methoxy groups -OCH3 is 1. The second kappa shape index (κ2) is 5.83. The average molecular weight is 301 g/mol. The summed E-state index contributed by atoms with van der Waals surface area (Å²) in [4.78, 5) is 23.9. The van der Waals surface area contributed by atoms with Crippen LogP contribution >= 0.6 is 0 Å². The van der Waals surface area contributed by atoms with Crippen LogP contribution in [0.5, 0.6) is 5.75 Å². The molecule has 5 heteroatoms. The van der Waals surface area contributed by atoms with E-state index in [1.54, 1.807) is 7.11 Å². The number of para-hydroxylation sites is 1. The number of ether oxygens (including phenoxy) is 1. The third-order valence-corrected chi connectivity index (χ3v) is 4.69. The number of fused-ring (bicyclic) bond motifs is 2. The summed E-state index contributed by atoms with van der Waals surface area (Å²) >= 11 is 0. The zero-order chi connectivity index (χ0) is 15.7. The summed E-state index contributed by atoms with van der Waals surface area (Å²) in [6.07, 6.45) is 4.69. The van der Waals surface area contributed by atoms with Crippen LogP contribution in [0.15, 0.2) is 36.4 Å². The van der Waals surface area contributed by atoms with Gasteiger partial charge < -0.3 is 15.2 Å². The summed E-state index contributed by atoms with van der Waals surface area (Å²) in [7, 11) is 1.59. The van der Waals surface area contributed by atoms with Crippen molar-refractivity contribution in [2.24, 2.45) is 23.7 Å². The predicted octanol–water partition coefficient (Wildman–Crippen LogP) is 1.83. The van der Waals surface area contributed by atoms with E-state index in [1.807, 2.05) is 36.4 Å². The first-order valence-corrected chi connectivity index (χ1v) is 7.42. The third kappa shape index (κ3) is 2.47. The van der Waals surface area contributed by atoms with E-state index < -0.39 is 17.8 Å². The van der Waals surface area contributed by atoms with E-state index in [9.17, 15) is 14.7 Å². The molecule has 22 heavy (non-hydrogen) atoms. The van der Waals surface area contributed by atoms with Gasteiger partial charge in [-0.3, -0.25) is 9.59 Å². The van der Waals surface area contributed by atoms with E-state index in [1.165, 1.54) is 0 Å². The summed E-state index contributed by atoms with van der Waals surface area (Å²) in [6, 6.07) is 7.46. The molecule has 0 radical (unpaired) electrons. The fraction of sp³-hybridized carbons (Fsp3) is 0.412. The van der Waals surface area contributed by atoms with Crippen molar-refractivity contribution in [3.8, 4) is 5.75 Å². The Labute approximate surface area is 129 Å². The lowest BCUT2D eigenvalue weighted by molar-refractivity contribution is -0.147. The van der Waals surface area contributed by atoms with Gasteiger partial charge in [0.1, 0.15) is 5.75 Å². The second-order valence-electron chi connectivity index (χ2n) is 5.87. The van der Waals surface area contributed by atoms with Crippen LogP contribution in [0.25, 0.3) is 0 Å². The van der Waals surface area contributed by atoms with Crippen molar-refractivity contribution in [3.05, 3.63) is 42.0 Å². The summed E-state index contributed by atoms with van der Waals surface area (Å²) in [6.45, 7) is 0.340. The number of benzene rings is 1. The fourth-order valence-electron chi connectivity index (χ4n) is 3.67. The summed E-state index contributed by atoms with van der Waals surface area (Å²) < 4.78 is 5.26. The van der Waals surface area contributed by atoms with E-state index in [4.69, 9.17) is 4.74 Å². The Morgan fingerprint density at radius 1 is 1.23 bits per heavy atom. The maximum absolute atomic E-state index is 12.5. The number of carbonyl (C=O) groups excluding carboxylic acids is 1. The molecule has 1 fully saturated rings. The third-order valence-electron chi connectivity index (χ3n) is 4.69. The molecule has 3 rings (SSSR count). The molecule has 4 atom stereocenters. The molecular formula is C17H19NO4. The highest BCUT2D eigenvalue weighted by Gasteiger charge is 2.51. The smallest absolute Gasteiger partial charge is 0.307 e. The predicted molar refractivity (Wildman–Crippen MR) is 80.2 cm³/mol. The SMILES string of the molecule is COc1ccccc1CNC(=O)C1C2C=CC(C2)C1C(=O)O. The highest BCUT2D eigenvalue weighted by Crippen LogP contribution is 2.48. The summed E-state index contributed by atoms with van der Waals surface area (Å²) in [5.41, 5.74) is 0.879. The lowest BCUT2D eigenvalue weighted by Gasteiger charge is -2.24. The van der Waals surface area contributed by atoms with Crippen molar-refractivity contribution in [2.45, 2.75) is 13.0 Å². The van der Waals surface area contributed by atoms with Gasteiger partial charge in [0.25, 0.3) is 0 Å². The largest absolute Gasteiger partial charge is 0.496 e. The van der Waals surface area contributed by atoms with Crippen molar-refractivity contribution in [2.75, 3.05) is 7.11 Å². The van der Waals surface area contributed by atoms with Crippen molar-refractivity contribution < 1.29 is 19.4 Å². The van der Waals surface area contributed by atoms with Gasteiger partial charge in [-0.15, -0.1) is 0 Å². The van der Waals surface area contributed by atoms with Crippen LogP contribution in [-0.4, -0.2) is 24.1 Å². The minimum atomic E-state index is -0.880. The van der Waals surface area contributed by atoms with Crippen molar-refractivity contribution in [3.63, 3.8) is 0 Å². The van der Waals surface area contributed by atoms with Crippen molar-refractivity contribution in [1.29, 1.82) is 0 Å². The van der Waals surface area contributed by atoms with Crippen LogP contribution in [0.3, 0.4) is 0 Å². The van der Waals surface area contributed by atoms with E-state index in [-0.39, 0.29) is 17.7 Å². The number of amides is 1. The van der Waals surface area contributed by atoms with Gasteiger partial charge in [-0.2, -0.15) is 0 Å². The van der Waals surface area contributed by atoms with Gasteiger partial charge in [0.05, 0.1) is 18.9 Å². The standard InChI is InChI=1S/C17H19NO4/c1-22-13-5-3-2-4-12(13)9-18-16(19)14-10-6-7-11(8-10)15(14)17(20)21/h2-7,10-11,14-15H,8-9H2,1H3,(H,18,19)(H,20,21). The van der Waals surface area contributed by atoms with Crippen LogP contribution in [0, 0.1) is 23.7 Å². The van der Waals surface area contributed by atoms with Gasteiger partial charge in [0.2, 0.25) is 5.91 Å². The number of carboxylic acids is 1. The highest BCUT2D eigenvalue weighted by atomic mass is 16.5. The average Bonchev–Trinajstić information content (AvgIpc) is 3.13. The van der Waals surface area contributed by atoms with E-state index >= 15 is 0 Å². The quantitative estimate of drug-likeness (QED) is 0.814. The molecule has 1 amide bonds. The van der Waals surface area contributed by atoms with Crippen LogP contribution in [0.4, 0.5) is 0 Å². The van der Waals surface area contributed by atoms with Crippen LogP contribution in [0.1, 0.15) is 12.0 Å². The lowest BCUT2D eigenvalue weighted by Crippen LogP contribution is -2.39. The molecule has 0 heterocycles. The molecular weight excluding hydrogens is 282 g/mol. The molecule has 116 valence electrons. The zero-order valence-electron chi connectivity index (χ0n) is 12.4. The number of rotatable bonds is 5. The molecule has 0 aliphatic heterocycles. The highest BCUT2D eigenvalue weighted by molar-refractivity contribution is 5.86. The molecule has 2 bridgehead atoms. The Hall–Kier alpha value is -2.30. The normalized spacial score (nSPS) is 28.6. The molecule has 2 N–H and O–H groups in total. The Morgan fingerprint density at radius 2 is 1.91 bits per heavy atom. The molecule has 4 unspecified atom stereocenters. The summed E-state index contributed by atoms with van der Waals surface area (Å²) in [5, 5.41) is 12.3. The molecule has 0 saturated heterocycles. The number of aliphatic carboxylic acids is 1. The lowest BCUT2D eigenvalue weighted by atomic mass is 9.82. The number of allylic oxidation sites excluding steroid dienone is 2. The van der Waals surface area contributed by atoms with Crippen LogP contribution < -0.4 is 10.1 Å². The van der Waals surface area contributed by atoms with Crippen LogP contribution in [-0.2, 0) is 16.1 Å². The number of carboxylic acid groups (broad SMARTS) is 1. The zero-order valence-corrected chi connectivity index (χ0v) is 12.4. The van der Waals surface area contributed by atoms with Crippen molar-refractivity contribution >= 4 is 11.9 Å². The molecule has 5 nitrogen and oxygen atoms in total. The minimum absolute atomic E-state index is 0.00971. The van der Waals surface area contributed by atoms with E-state index in [0.717, 1.165) is 12.0 Å². The molecule has 1 aromatic rings. The Morgan fingerprint density at radius 3 is 2.59 bits per heavy atom. The topological polar surface area (TPSA) is 75.6 Å². The Kier molecular flexibility index (Phi) is 3.88. The van der Waals surface area contributed by atoms with E-state index in [0.29, 0.717) is 12.3 Å². The van der Waals surface area contributed by atoms with Gasteiger partial charge >= 0.3 is 5.97 Å². The first kappa shape index (κ1) is 14.6. The van der Waals surface area contributed by atoms with Crippen LogP contribution in [0.2, 0.25) is 0 Å². The van der Waals surface area contributed by atoms with E-state index in [2.05, 4.69) is 5.32 Å². The summed E-state index contributed by atoms with van der Waals surface area (Å²) in [5.74, 6) is -1.39. The monoisotopic (exact) mass is 301 g/mol. The Balaban J connectivity index is 1.69. The molecule has 2 aliphatic rings. The molecule has 2 aliphatic carbocycles. The fourth-order valence-corrected chi connectivity index (χ4v) is 3.67. The first-order valence-electron chi connectivity index (χ1n) is 7.42. The van der Waals surface area contributed by atoms with Gasteiger partial charge in [-0.25, -0.2) is 0 Å². The maximum Gasteiger partial charge on any atom is 0.307 e. The van der Waals surface area contributed by atoms with Gasteiger partial charge in [0, 0.05) is 12.1 Å². The van der Waals surface area contributed by atoms with Gasteiger partial charge in [0.15, 0.2) is 0 Å². The number of nitrogens with one attached hydrogen (secondary N) is 1. The maximum atomic E-state index is 12.5. The number of hydrogen-bond acceptors (Lipinski definition) is 3. The first-order chi connectivity index (χ1) is 10.6. The Bertz CT molecular complexity index is 625. The van der Waals surface area contributed by atoms with Gasteiger partial charge in [-0.05, 0) is 24.3 Å². The number of carbonyl (C=O) groups is 2. The molecule has 1 saturated carbocycles. The minimum Gasteiger partial charge on any atom is -0.496 e. The molecule has 0 aromatic heterocycles. The van der Waals surface area contributed by atoms with Crippen molar-refractivity contribution in [1.82, 2.24) is 5.32 Å². The van der Waals surface area contributed by atoms with Gasteiger partial charge in [-0.1, -0.05) is 30.4 Å². The second-order valence-corrected chi connectivity index (χ2v) is 5.87. The molecule has 0 spiro atoms. The molecule has 1 aromatic carbocycles.